The van der Waals surface area contributed by atoms with Crippen molar-refractivity contribution in [3.05, 3.63) is 24.4 Å². The number of nitrogens with two attached hydrogens (primary N) is 1. The van der Waals surface area contributed by atoms with Gasteiger partial charge in [0.2, 0.25) is 0 Å². The number of hydrogen-bond donors (Lipinski definition) is 1. The summed E-state index contributed by atoms with van der Waals surface area (Å²) in [5, 5.41) is 4.48. The highest BCUT2D eigenvalue weighted by atomic mass is 16.2. The van der Waals surface area contributed by atoms with E-state index in [0.29, 0.717) is 5.82 Å². The molecule has 0 radical (unpaired) electrons. The second-order valence-electron chi connectivity index (χ2n) is 5.69. The molecule has 0 unspecified atom stereocenters. The number of aromatic nitrogens is 3. The summed E-state index contributed by atoms with van der Waals surface area (Å²) in [4.78, 5) is 20.5. The van der Waals surface area contributed by atoms with Crippen LogP contribution in [0.3, 0.4) is 0 Å². The maximum absolute atomic E-state index is 11.9. The van der Waals surface area contributed by atoms with Gasteiger partial charge in [-0.2, -0.15) is 5.10 Å². The minimum atomic E-state index is -0.434. The summed E-state index contributed by atoms with van der Waals surface area (Å²) < 4.78 is 1.86. The molecule has 4 heterocycles. The number of carbonyl (C=O) groups excluding carboxylic acids is 1. The lowest BCUT2D eigenvalue weighted by Gasteiger charge is -2.34. The van der Waals surface area contributed by atoms with Gasteiger partial charge in [0.25, 0.3) is 0 Å². The van der Waals surface area contributed by atoms with Crippen molar-refractivity contribution >= 4 is 17.5 Å². The third-order valence-corrected chi connectivity index (χ3v) is 4.42. The SMILES string of the molecule is CCn1ccc(-c2ccc3c(n2)N(C(N)=O)[C@H]2CCN3C2)n1. The fourth-order valence-electron chi connectivity index (χ4n) is 3.31. The molecule has 0 aromatic carbocycles. The van der Waals surface area contributed by atoms with Crippen molar-refractivity contribution in [2.75, 3.05) is 22.9 Å². The molecular weight excluding hydrogens is 280 g/mol. The average molecular weight is 298 g/mol. The largest absolute Gasteiger partial charge is 0.366 e. The maximum Gasteiger partial charge on any atom is 0.320 e. The Kier molecular flexibility index (Phi) is 2.82. The van der Waals surface area contributed by atoms with E-state index < -0.39 is 6.03 Å². The molecule has 2 aliphatic heterocycles. The molecule has 1 atom stereocenters. The van der Waals surface area contributed by atoms with Crippen LogP contribution < -0.4 is 15.5 Å². The van der Waals surface area contributed by atoms with Crippen LogP contribution in [0.5, 0.6) is 0 Å². The highest BCUT2D eigenvalue weighted by Gasteiger charge is 2.39. The van der Waals surface area contributed by atoms with Crippen molar-refractivity contribution in [2.24, 2.45) is 5.73 Å². The number of anilines is 2. The highest BCUT2D eigenvalue weighted by Crippen LogP contribution is 2.39. The zero-order valence-corrected chi connectivity index (χ0v) is 12.4. The van der Waals surface area contributed by atoms with Crippen LogP contribution in [0.2, 0.25) is 0 Å². The molecule has 2 aromatic heterocycles. The number of urea groups is 1. The molecule has 0 aliphatic carbocycles. The van der Waals surface area contributed by atoms with E-state index in [9.17, 15) is 4.79 Å². The number of amides is 2. The number of rotatable bonds is 2. The minimum absolute atomic E-state index is 0.126. The smallest absolute Gasteiger partial charge is 0.320 e. The van der Waals surface area contributed by atoms with Gasteiger partial charge in [0, 0.05) is 25.8 Å². The summed E-state index contributed by atoms with van der Waals surface area (Å²) in [6, 6.07) is 5.60. The van der Waals surface area contributed by atoms with Crippen molar-refractivity contribution < 1.29 is 4.79 Å². The lowest BCUT2D eigenvalue weighted by Crippen LogP contribution is -2.48. The number of pyridine rings is 1. The first-order valence-electron chi connectivity index (χ1n) is 7.56. The van der Waals surface area contributed by atoms with E-state index in [1.54, 1.807) is 4.90 Å². The first-order chi connectivity index (χ1) is 10.7. The third-order valence-electron chi connectivity index (χ3n) is 4.42. The number of nitrogens with zero attached hydrogens (tertiary/aromatic N) is 5. The standard InChI is InChI=1S/C15H18N6O/c1-2-20-8-6-12(18-20)11-3-4-13-14(17-11)21(15(16)22)10-5-7-19(13)9-10/h3-4,6,8,10H,2,5,7,9H2,1H3,(H2,16,22)/t10-/m0/s1. The van der Waals surface area contributed by atoms with Gasteiger partial charge in [-0.1, -0.05) is 0 Å². The second-order valence-corrected chi connectivity index (χ2v) is 5.69. The zero-order chi connectivity index (χ0) is 15.3. The van der Waals surface area contributed by atoms with E-state index >= 15 is 0 Å². The van der Waals surface area contributed by atoms with Gasteiger partial charge in [-0.05, 0) is 31.5 Å². The van der Waals surface area contributed by atoms with Crippen LogP contribution in [0.1, 0.15) is 13.3 Å². The van der Waals surface area contributed by atoms with Crippen molar-refractivity contribution in [3.63, 3.8) is 0 Å². The van der Waals surface area contributed by atoms with E-state index in [4.69, 9.17) is 5.73 Å². The van der Waals surface area contributed by atoms with Crippen molar-refractivity contribution in [3.8, 4) is 11.4 Å². The van der Waals surface area contributed by atoms with Crippen molar-refractivity contribution in [1.82, 2.24) is 14.8 Å². The highest BCUT2D eigenvalue weighted by molar-refractivity contribution is 5.96. The van der Waals surface area contributed by atoms with Crippen LogP contribution in [0.15, 0.2) is 24.4 Å². The van der Waals surface area contributed by atoms with E-state index in [-0.39, 0.29) is 6.04 Å². The number of primary amides is 1. The molecule has 1 fully saturated rings. The summed E-state index contributed by atoms with van der Waals surface area (Å²) >= 11 is 0. The zero-order valence-electron chi connectivity index (χ0n) is 12.4. The van der Waals surface area contributed by atoms with E-state index in [1.807, 2.05) is 36.0 Å². The molecule has 7 heteroatoms. The van der Waals surface area contributed by atoms with Crippen LogP contribution >= 0.6 is 0 Å². The molecule has 2 bridgehead atoms. The van der Waals surface area contributed by atoms with Gasteiger partial charge in [-0.15, -0.1) is 0 Å². The first-order valence-corrected chi connectivity index (χ1v) is 7.56. The quantitative estimate of drug-likeness (QED) is 0.909. The molecule has 2 aromatic rings. The van der Waals surface area contributed by atoms with Crippen LogP contribution in [0.4, 0.5) is 16.3 Å². The Morgan fingerprint density at radius 3 is 2.95 bits per heavy atom. The van der Waals surface area contributed by atoms with Crippen LogP contribution in [0.25, 0.3) is 11.4 Å². The van der Waals surface area contributed by atoms with E-state index in [1.165, 1.54) is 0 Å². The molecule has 4 rings (SSSR count). The molecule has 0 spiro atoms. The van der Waals surface area contributed by atoms with Gasteiger partial charge in [-0.3, -0.25) is 9.58 Å². The van der Waals surface area contributed by atoms with E-state index in [0.717, 1.165) is 43.1 Å². The maximum atomic E-state index is 11.9. The molecule has 22 heavy (non-hydrogen) atoms. The molecule has 7 nitrogen and oxygen atoms in total. The second kappa shape index (κ2) is 4.72. The van der Waals surface area contributed by atoms with Gasteiger partial charge in [-0.25, -0.2) is 9.78 Å². The monoisotopic (exact) mass is 298 g/mol. The Hall–Kier alpha value is -2.57. The molecule has 1 saturated heterocycles. The van der Waals surface area contributed by atoms with Crippen molar-refractivity contribution in [2.45, 2.75) is 25.9 Å². The summed E-state index contributed by atoms with van der Waals surface area (Å²) in [7, 11) is 0. The molecular formula is C15H18N6O. The van der Waals surface area contributed by atoms with Crippen molar-refractivity contribution in [1.29, 1.82) is 0 Å². The number of fused-ring (bicyclic) bond motifs is 4. The Morgan fingerprint density at radius 1 is 1.36 bits per heavy atom. The third kappa shape index (κ3) is 1.85. The molecule has 2 N–H and O–H groups in total. The Bertz CT molecular complexity index is 739. The fourth-order valence-corrected chi connectivity index (χ4v) is 3.31. The van der Waals surface area contributed by atoms with E-state index in [2.05, 4.69) is 15.0 Å². The van der Waals surface area contributed by atoms with Gasteiger partial charge in [0.1, 0.15) is 5.69 Å². The molecule has 2 aliphatic rings. The normalized spacial score (nSPS) is 19.4. The van der Waals surface area contributed by atoms with Gasteiger partial charge in [0.15, 0.2) is 5.82 Å². The lowest BCUT2D eigenvalue weighted by atomic mass is 10.1. The predicted octanol–water partition coefficient (Wildman–Crippen LogP) is 1.44. The minimum Gasteiger partial charge on any atom is -0.366 e. The van der Waals surface area contributed by atoms with Crippen LogP contribution in [0, 0.1) is 0 Å². The predicted molar refractivity (Wildman–Crippen MR) is 83.8 cm³/mol. The topological polar surface area (TPSA) is 80.3 Å². The Morgan fingerprint density at radius 2 is 2.23 bits per heavy atom. The summed E-state index contributed by atoms with van der Waals surface area (Å²) in [6.45, 7) is 4.62. The molecule has 2 amide bonds. The summed E-state index contributed by atoms with van der Waals surface area (Å²) in [5.74, 6) is 0.657. The molecule has 0 saturated carbocycles. The van der Waals surface area contributed by atoms with Gasteiger partial charge >= 0.3 is 6.03 Å². The van der Waals surface area contributed by atoms with Crippen LogP contribution in [-0.2, 0) is 6.54 Å². The Balaban J connectivity index is 1.81. The first kappa shape index (κ1) is 13.1. The fraction of sp³-hybridized carbons (Fsp3) is 0.400. The lowest BCUT2D eigenvalue weighted by molar-refractivity contribution is 0.252. The molecule has 114 valence electrons. The van der Waals surface area contributed by atoms with Crippen LogP contribution in [-0.4, -0.2) is 39.9 Å². The average Bonchev–Trinajstić information content (AvgIpc) is 3.14. The summed E-state index contributed by atoms with van der Waals surface area (Å²) in [6.07, 6.45) is 2.86. The Labute approximate surface area is 128 Å². The van der Waals surface area contributed by atoms with Gasteiger partial charge in [0.05, 0.1) is 17.4 Å². The number of carbonyl (C=O) groups is 1. The van der Waals surface area contributed by atoms with Gasteiger partial charge < -0.3 is 10.6 Å². The number of hydrogen-bond acceptors (Lipinski definition) is 4. The number of aryl methyl sites for hydroxylation is 1. The summed E-state index contributed by atoms with van der Waals surface area (Å²) in [5.41, 5.74) is 8.14.